The topological polar surface area (TPSA) is 68.4 Å². The van der Waals surface area contributed by atoms with Crippen molar-refractivity contribution >= 4 is 5.69 Å². The summed E-state index contributed by atoms with van der Waals surface area (Å²) in [7, 11) is 0. The lowest BCUT2D eigenvalue weighted by atomic mass is 10.3. The van der Waals surface area contributed by atoms with Crippen LogP contribution in [-0.4, -0.2) is 16.5 Å². The molecule has 0 saturated heterocycles. The molecule has 0 aliphatic carbocycles. The molecule has 78 valence electrons. The van der Waals surface area contributed by atoms with Gasteiger partial charge in [-0.25, -0.2) is 4.98 Å². The zero-order chi connectivity index (χ0) is 10.9. The molecule has 1 rings (SSSR count). The van der Waals surface area contributed by atoms with Crippen molar-refractivity contribution in [2.24, 2.45) is 0 Å². The molecule has 1 aromatic heterocycles. The Labute approximate surface area is 77.1 Å². The second kappa shape index (κ2) is 3.24. The summed E-state index contributed by atoms with van der Waals surface area (Å²) in [6, 6.07) is 0.948. The lowest BCUT2D eigenvalue weighted by molar-refractivity contribution is -0.275. The quantitative estimate of drug-likeness (QED) is 0.735. The lowest BCUT2D eigenvalue weighted by Gasteiger charge is -2.10. The van der Waals surface area contributed by atoms with Crippen LogP contribution in [0, 0.1) is 6.92 Å². The van der Waals surface area contributed by atoms with Gasteiger partial charge in [0.15, 0.2) is 0 Å². The number of nitrogen functional groups attached to an aromatic ring is 1. The number of halogens is 3. The van der Waals surface area contributed by atoms with Crippen LogP contribution < -0.4 is 10.5 Å². The number of hydrogen-bond donors (Lipinski definition) is 2. The van der Waals surface area contributed by atoms with Gasteiger partial charge in [0.2, 0.25) is 5.88 Å². The van der Waals surface area contributed by atoms with Gasteiger partial charge >= 0.3 is 6.36 Å². The number of aryl methyl sites for hydroxylation is 1. The SMILES string of the molecule is Cc1nc(OC(F)(F)F)c(N)cc1O. The van der Waals surface area contributed by atoms with E-state index in [-0.39, 0.29) is 17.1 Å². The molecule has 0 bridgehead atoms. The Morgan fingerprint density at radius 3 is 2.57 bits per heavy atom. The number of aromatic nitrogens is 1. The molecular formula is C7H7F3N2O2. The summed E-state index contributed by atoms with van der Waals surface area (Å²) in [6.45, 7) is 1.33. The smallest absolute Gasteiger partial charge is 0.506 e. The minimum Gasteiger partial charge on any atom is -0.506 e. The summed E-state index contributed by atoms with van der Waals surface area (Å²) >= 11 is 0. The number of aromatic hydroxyl groups is 1. The molecule has 3 N–H and O–H groups in total. The average molecular weight is 208 g/mol. The van der Waals surface area contributed by atoms with Crippen molar-refractivity contribution in [2.75, 3.05) is 5.73 Å². The highest BCUT2D eigenvalue weighted by molar-refractivity contribution is 5.53. The van der Waals surface area contributed by atoms with Crippen LogP contribution in [-0.2, 0) is 0 Å². The maximum Gasteiger partial charge on any atom is 0.574 e. The van der Waals surface area contributed by atoms with Gasteiger partial charge < -0.3 is 15.6 Å². The molecule has 0 saturated carbocycles. The van der Waals surface area contributed by atoms with Crippen molar-refractivity contribution in [3.05, 3.63) is 11.8 Å². The summed E-state index contributed by atoms with van der Waals surface area (Å²) in [4.78, 5) is 3.34. The van der Waals surface area contributed by atoms with E-state index in [1.807, 2.05) is 0 Å². The van der Waals surface area contributed by atoms with Crippen LogP contribution in [0.15, 0.2) is 6.07 Å². The van der Waals surface area contributed by atoms with E-state index in [4.69, 9.17) is 10.8 Å². The van der Waals surface area contributed by atoms with Gasteiger partial charge in [-0.3, -0.25) is 0 Å². The largest absolute Gasteiger partial charge is 0.574 e. The van der Waals surface area contributed by atoms with Crippen molar-refractivity contribution in [1.82, 2.24) is 4.98 Å². The van der Waals surface area contributed by atoms with Gasteiger partial charge in [-0.1, -0.05) is 0 Å². The molecule has 0 radical (unpaired) electrons. The Hall–Kier alpha value is -1.66. The Morgan fingerprint density at radius 2 is 2.07 bits per heavy atom. The fraction of sp³-hybridized carbons (Fsp3) is 0.286. The number of rotatable bonds is 1. The van der Waals surface area contributed by atoms with Gasteiger partial charge in [-0.15, -0.1) is 13.2 Å². The van der Waals surface area contributed by atoms with E-state index < -0.39 is 12.2 Å². The fourth-order valence-electron chi connectivity index (χ4n) is 0.779. The zero-order valence-corrected chi connectivity index (χ0v) is 7.09. The van der Waals surface area contributed by atoms with E-state index in [0.717, 1.165) is 6.07 Å². The second-order valence-corrected chi connectivity index (χ2v) is 2.54. The first kappa shape index (κ1) is 10.4. The van der Waals surface area contributed by atoms with E-state index in [2.05, 4.69) is 9.72 Å². The molecule has 1 aromatic rings. The highest BCUT2D eigenvalue weighted by Crippen LogP contribution is 2.29. The molecule has 0 atom stereocenters. The molecule has 0 aromatic carbocycles. The first-order valence-corrected chi connectivity index (χ1v) is 3.51. The summed E-state index contributed by atoms with van der Waals surface area (Å²) in [5.41, 5.74) is 4.79. The van der Waals surface area contributed by atoms with E-state index >= 15 is 0 Å². The average Bonchev–Trinajstić information content (AvgIpc) is 1.97. The van der Waals surface area contributed by atoms with Crippen LogP contribution in [0.3, 0.4) is 0 Å². The number of alkyl halides is 3. The zero-order valence-electron chi connectivity index (χ0n) is 7.09. The summed E-state index contributed by atoms with van der Waals surface area (Å²) in [5.74, 6) is -1.04. The Bertz CT molecular complexity index is 352. The maximum atomic E-state index is 11.8. The first-order chi connectivity index (χ1) is 6.29. The van der Waals surface area contributed by atoms with Gasteiger partial charge in [-0.05, 0) is 6.92 Å². The number of nitrogens with zero attached hydrogens (tertiary/aromatic N) is 1. The van der Waals surface area contributed by atoms with Crippen molar-refractivity contribution in [1.29, 1.82) is 0 Å². The van der Waals surface area contributed by atoms with E-state index in [1.165, 1.54) is 6.92 Å². The van der Waals surface area contributed by atoms with Crippen LogP contribution in [0.5, 0.6) is 11.6 Å². The van der Waals surface area contributed by atoms with Crippen LogP contribution in [0.1, 0.15) is 5.69 Å². The molecule has 0 spiro atoms. The number of hydrogen-bond acceptors (Lipinski definition) is 4. The molecule has 7 heteroatoms. The van der Waals surface area contributed by atoms with Crippen molar-refractivity contribution in [3.63, 3.8) is 0 Å². The van der Waals surface area contributed by atoms with E-state index in [0.29, 0.717) is 0 Å². The molecule has 0 aliphatic heterocycles. The first-order valence-electron chi connectivity index (χ1n) is 3.51. The van der Waals surface area contributed by atoms with E-state index in [1.54, 1.807) is 0 Å². The highest BCUT2D eigenvalue weighted by Gasteiger charge is 2.33. The standard InChI is InChI=1S/C7H7F3N2O2/c1-3-5(13)2-4(11)6(12-3)14-7(8,9)10/h2,13H,11H2,1H3. The number of ether oxygens (including phenoxy) is 1. The number of anilines is 1. The third kappa shape index (κ3) is 2.41. The minimum atomic E-state index is -4.84. The summed E-state index contributed by atoms with van der Waals surface area (Å²) < 4.78 is 38.8. The van der Waals surface area contributed by atoms with Crippen LogP contribution >= 0.6 is 0 Å². The van der Waals surface area contributed by atoms with Gasteiger partial charge in [0, 0.05) is 6.07 Å². The predicted molar refractivity (Wildman–Crippen MR) is 41.7 cm³/mol. The van der Waals surface area contributed by atoms with Crippen LogP contribution in [0.25, 0.3) is 0 Å². The maximum absolute atomic E-state index is 11.8. The summed E-state index contributed by atoms with van der Waals surface area (Å²) in [6.07, 6.45) is -4.84. The molecule has 0 unspecified atom stereocenters. The minimum absolute atomic E-state index is 0.0125. The van der Waals surface area contributed by atoms with Gasteiger partial charge in [0.25, 0.3) is 0 Å². The van der Waals surface area contributed by atoms with E-state index in [9.17, 15) is 13.2 Å². The van der Waals surface area contributed by atoms with Crippen LogP contribution in [0.4, 0.5) is 18.9 Å². The number of pyridine rings is 1. The molecule has 0 fully saturated rings. The second-order valence-electron chi connectivity index (χ2n) is 2.54. The molecular weight excluding hydrogens is 201 g/mol. The van der Waals surface area contributed by atoms with Gasteiger partial charge in [0.1, 0.15) is 5.75 Å². The summed E-state index contributed by atoms with van der Waals surface area (Å²) in [5, 5.41) is 9.04. The van der Waals surface area contributed by atoms with Gasteiger partial charge in [0.05, 0.1) is 11.4 Å². The Morgan fingerprint density at radius 1 is 1.50 bits per heavy atom. The van der Waals surface area contributed by atoms with Crippen molar-refractivity contribution in [3.8, 4) is 11.6 Å². The predicted octanol–water partition coefficient (Wildman–Crippen LogP) is 1.58. The molecule has 4 nitrogen and oxygen atoms in total. The third-order valence-corrected chi connectivity index (χ3v) is 1.39. The Kier molecular flexibility index (Phi) is 2.41. The molecule has 0 amide bonds. The third-order valence-electron chi connectivity index (χ3n) is 1.39. The monoisotopic (exact) mass is 208 g/mol. The lowest BCUT2D eigenvalue weighted by Crippen LogP contribution is -2.19. The molecule has 0 aliphatic rings. The van der Waals surface area contributed by atoms with Crippen molar-refractivity contribution < 1.29 is 23.0 Å². The van der Waals surface area contributed by atoms with Crippen LogP contribution in [0.2, 0.25) is 0 Å². The van der Waals surface area contributed by atoms with Gasteiger partial charge in [-0.2, -0.15) is 0 Å². The molecule has 14 heavy (non-hydrogen) atoms. The number of nitrogens with two attached hydrogens (primary N) is 1. The normalized spacial score (nSPS) is 11.4. The Balaban J connectivity index is 3.04. The fourth-order valence-corrected chi connectivity index (χ4v) is 0.779. The molecule has 1 heterocycles. The van der Waals surface area contributed by atoms with Crippen molar-refractivity contribution in [2.45, 2.75) is 13.3 Å². The highest BCUT2D eigenvalue weighted by atomic mass is 19.4.